The lowest BCUT2D eigenvalue weighted by Crippen LogP contribution is -2.53. The summed E-state index contributed by atoms with van der Waals surface area (Å²) in [5, 5.41) is 0.646. The van der Waals surface area contributed by atoms with Crippen LogP contribution in [0.3, 0.4) is 0 Å². The molecule has 250 valence electrons. The molecule has 2 amide bonds. The Balaban J connectivity index is 1.15. The second-order valence-corrected chi connectivity index (χ2v) is 13.9. The molecule has 9 nitrogen and oxygen atoms in total. The molecule has 0 bridgehead atoms. The van der Waals surface area contributed by atoms with E-state index in [9.17, 15) is 9.59 Å². The number of amides is 2. The first kappa shape index (κ1) is 33.1. The Labute approximate surface area is 283 Å². The molecule has 2 aliphatic heterocycles. The second kappa shape index (κ2) is 14.1. The number of nitrogens with zero attached hydrogens (tertiary/aromatic N) is 5. The Kier molecular flexibility index (Phi) is 9.94. The van der Waals surface area contributed by atoms with Crippen LogP contribution in [0.4, 0.5) is 11.5 Å². The van der Waals surface area contributed by atoms with Crippen LogP contribution < -0.4 is 19.3 Å². The smallest absolute Gasteiger partial charge is 0.236 e. The van der Waals surface area contributed by atoms with Gasteiger partial charge in [-0.1, -0.05) is 23.7 Å². The lowest BCUT2D eigenvalue weighted by Gasteiger charge is -2.41. The molecule has 1 saturated carbocycles. The molecule has 0 spiro atoms. The van der Waals surface area contributed by atoms with Gasteiger partial charge in [0.2, 0.25) is 11.8 Å². The molecule has 3 aliphatic rings. The molecule has 0 atom stereocenters. The van der Waals surface area contributed by atoms with Gasteiger partial charge in [-0.15, -0.1) is 0 Å². The molecule has 47 heavy (non-hydrogen) atoms. The van der Waals surface area contributed by atoms with E-state index < -0.39 is 0 Å². The van der Waals surface area contributed by atoms with Gasteiger partial charge in [0, 0.05) is 50.4 Å². The van der Waals surface area contributed by atoms with E-state index in [1.165, 1.54) is 0 Å². The van der Waals surface area contributed by atoms with Gasteiger partial charge in [-0.25, -0.2) is 4.98 Å². The Morgan fingerprint density at radius 1 is 1.00 bits per heavy atom. The van der Waals surface area contributed by atoms with Crippen molar-refractivity contribution in [2.45, 2.75) is 64.6 Å². The predicted octanol–water partition coefficient (Wildman–Crippen LogP) is 6.06. The van der Waals surface area contributed by atoms with Crippen LogP contribution in [0.5, 0.6) is 11.5 Å². The lowest BCUT2D eigenvalue weighted by atomic mass is 9.84. The van der Waals surface area contributed by atoms with Crippen molar-refractivity contribution in [2.24, 2.45) is 5.92 Å². The lowest BCUT2D eigenvalue weighted by molar-refractivity contribution is -0.135. The number of carbonyl (C=O) groups is 2. The van der Waals surface area contributed by atoms with Gasteiger partial charge in [0.15, 0.2) is 11.5 Å². The van der Waals surface area contributed by atoms with Crippen LogP contribution in [0.1, 0.15) is 50.7 Å². The fourth-order valence-corrected chi connectivity index (χ4v) is 7.43. The van der Waals surface area contributed by atoms with E-state index in [2.05, 4.69) is 16.8 Å². The standard InChI is InChI=1S/C37H46ClN5O4/c1-24(2)47-32-18-27-22-43(34(44)19-31(27)36(37(32)46-5)26-8-10-28(38)11-9-26)30-14-15-33(39-20-30)41(4)21-25-6-12-29(13-7-25)42-17-16-40(3)35(45)23-42/h8-11,14-15,18,20,24-25,29H,6-7,12-13,16-17,19,21-23H2,1-5H3. The summed E-state index contributed by atoms with van der Waals surface area (Å²) < 4.78 is 12.1. The van der Waals surface area contributed by atoms with E-state index in [1.807, 2.05) is 74.5 Å². The van der Waals surface area contributed by atoms with Gasteiger partial charge >= 0.3 is 0 Å². The fraction of sp³-hybridized carbons (Fsp3) is 0.486. The maximum Gasteiger partial charge on any atom is 0.236 e. The highest BCUT2D eigenvalue weighted by molar-refractivity contribution is 6.30. The van der Waals surface area contributed by atoms with E-state index >= 15 is 0 Å². The number of aromatic nitrogens is 1. The van der Waals surface area contributed by atoms with E-state index in [0.717, 1.165) is 79.1 Å². The van der Waals surface area contributed by atoms with Crippen LogP contribution >= 0.6 is 11.6 Å². The SMILES string of the molecule is COc1c(OC(C)C)cc2c(c1-c1ccc(Cl)cc1)CC(=O)N(c1ccc(N(C)CC3CCC(N4CCN(C)C(=O)C4)CC3)nc1)C2. The van der Waals surface area contributed by atoms with Crippen molar-refractivity contribution >= 4 is 34.9 Å². The number of hydrogen-bond donors (Lipinski definition) is 0. The molecule has 0 unspecified atom stereocenters. The van der Waals surface area contributed by atoms with Gasteiger partial charge in [-0.05, 0) is 92.5 Å². The molecule has 0 N–H and O–H groups in total. The van der Waals surface area contributed by atoms with Crippen LogP contribution in [0.2, 0.25) is 5.02 Å². The van der Waals surface area contributed by atoms with Crippen molar-refractivity contribution in [3.63, 3.8) is 0 Å². The third-order valence-electron chi connectivity index (χ3n) is 9.89. The number of pyridine rings is 1. The molecule has 1 aromatic heterocycles. The zero-order valence-electron chi connectivity index (χ0n) is 28.2. The number of methoxy groups -OCH3 is 1. The van der Waals surface area contributed by atoms with Gasteiger partial charge in [-0.2, -0.15) is 0 Å². The molecule has 3 aromatic rings. The number of halogens is 1. The van der Waals surface area contributed by atoms with Gasteiger partial charge in [-0.3, -0.25) is 14.5 Å². The van der Waals surface area contributed by atoms with E-state index in [4.69, 9.17) is 26.1 Å². The molecule has 0 radical (unpaired) electrons. The minimum absolute atomic E-state index is 0.00834. The first-order valence-corrected chi connectivity index (χ1v) is 17.1. The van der Waals surface area contributed by atoms with Crippen molar-refractivity contribution in [1.82, 2.24) is 14.8 Å². The first-order valence-electron chi connectivity index (χ1n) is 16.7. The second-order valence-electron chi connectivity index (χ2n) is 13.5. The maximum absolute atomic E-state index is 13.7. The van der Waals surface area contributed by atoms with Gasteiger partial charge < -0.3 is 24.2 Å². The Morgan fingerprint density at radius 3 is 2.38 bits per heavy atom. The van der Waals surface area contributed by atoms with Crippen LogP contribution in [0, 0.1) is 5.92 Å². The Bertz CT molecular complexity index is 1590. The summed E-state index contributed by atoms with van der Waals surface area (Å²) in [5.74, 6) is 3.01. The molecule has 10 heteroatoms. The van der Waals surface area contributed by atoms with Crippen molar-refractivity contribution in [2.75, 3.05) is 57.2 Å². The molecular formula is C37H46ClN5O4. The molecule has 3 heterocycles. The summed E-state index contributed by atoms with van der Waals surface area (Å²) in [6.07, 6.45) is 6.57. The van der Waals surface area contributed by atoms with Gasteiger partial charge in [0.25, 0.3) is 0 Å². The normalized spacial score (nSPS) is 20.4. The molecule has 2 aromatic carbocycles. The minimum atomic E-state index is -0.0484. The van der Waals surface area contributed by atoms with E-state index in [0.29, 0.717) is 41.6 Å². The van der Waals surface area contributed by atoms with Crippen LogP contribution in [-0.2, 0) is 22.6 Å². The number of benzene rings is 2. The van der Waals surface area contributed by atoms with Crippen molar-refractivity contribution < 1.29 is 19.1 Å². The average molecular weight is 660 g/mol. The van der Waals surface area contributed by atoms with Crippen molar-refractivity contribution in [3.05, 3.63) is 64.8 Å². The zero-order valence-corrected chi connectivity index (χ0v) is 28.9. The van der Waals surface area contributed by atoms with Crippen LogP contribution in [-0.4, -0.2) is 86.1 Å². The highest BCUT2D eigenvalue weighted by Crippen LogP contribution is 2.45. The van der Waals surface area contributed by atoms with Gasteiger partial charge in [0.05, 0.1) is 44.6 Å². The highest BCUT2D eigenvalue weighted by atomic mass is 35.5. The van der Waals surface area contributed by atoms with Crippen molar-refractivity contribution in [1.29, 1.82) is 0 Å². The third-order valence-corrected chi connectivity index (χ3v) is 10.1. The minimum Gasteiger partial charge on any atom is -0.492 e. The Morgan fingerprint density at radius 2 is 1.74 bits per heavy atom. The van der Waals surface area contributed by atoms with Crippen LogP contribution in [0.15, 0.2) is 48.7 Å². The summed E-state index contributed by atoms with van der Waals surface area (Å²) in [6.45, 7) is 7.68. The largest absolute Gasteiger partial charge is 0.492 e. The number of rotatable bonds is 9. The monoisotopic (exact) mass is 659 g/mol. The topological polar surface area (TPSA) is 78.5 Å². The molecule has 1 saturated heterocycles. The maximum atomic E-state index is 13.7. The molecule has 2 fully saturated rings. The number of carbonyl (C=O) groups excluding carboxylic acids is 2. The number of ether oxygens (including phenoxy) is 2. The summed E-state index contributed by atoms with van der Waals surface area (Å²) in [5.41, 5.74) is 4.53. The van der Waals surface area contributed by atoms with Crippen LogP contribution in [0.25, 0.3) is 11.1 Å². The summed E-state index contributed by atoms with van der Waals surface area (Å²) in [6, 6.07) is 14.1. The molecule has 1 aliphatic carbocycles. The summed E-state index contributed by atoms with van der Waals surface area (Å²) in [4.78, 5) is 38.9. The summed E-state index contributed by atoms with van der Waals surface area (Å²) >= 11 is 6.21. The van der Waals surface area contributed by atoms with Gasteiger partial charge in [0.1, 0.15) is 5.82 Å². The third kappa shape index (κ3) is 7.21. The first-order chi connectivity index (χ1) is 22.6. The quantitative estimate of drug-likeness (QED) is 0.277. The number of anilines is 2. The fourth-order valence-electron chi connectivity index (χ4n) is 7.31. The predicted molar refractivity (Wildman–Crippen MR) is 187 cm³/mol. The zero-order chi connectivity index (χ0) is 33.2. The number of fused-ring (bicyclic) bond motifs is 1. The van der Waals surface area contributed by atoms with Crippen molar-refractivity contribution in [3.8, 4) is 22.6 Å². The number of piperazine rings is 1. The van der Waals surface area contributed by atoms with E-state index in [1.54, 1.807) is 12.0 Å². The summed E-state index contributed by atoms with van der Waals surface area (Å²) in [7, 11) is 5.63. The van der Waals surface area contributed by atoms with E-state index in [-0.39, 0.29) is 24.3 Å². The Hall–Kier alpha value is -3.82. The number of likely N-dealkylation sites (N-methyl/N-ethyl adjacent to an activating group) is 1. The highest BCUT2D eigenvalue weighted by Gasteiger charge is 2.32. The molecular weight excluding hydrogens is 614 g/mol. The number of hydrogen-bond acceptors (Lipinski definition) is 7. The average Bonchev–Trinajstić information content (AvgIpc) is 3.06. The molecule has 6 rings (SSSR count).